The molecule has 0 radical (unpaired) electrons. The number of hydrogen-bond donors (Lipinski definition) is 1. The summed E-state index contributed by atoms with van der Waals surface area (Å²) in [6.45, 7) is 10.3. The van der Waals surface area contributed by atoms with Gasteiger partial charge in [0, 0.05) is 57.3 Å². The van der Waals surface area contributed by atoms with Crippen molar-refractivity contribution in [1.29, 1.82) is 0 Å². The Morgan fingerprint density at radius 1 is 0.974 bits per heavy atom. The van der Waals surface area contributed by atoms with Crippen LogP contribution in [0.1, 0.15) is 61.4 Å². The van der Waals surface area contributed by atoms with Crippen molar-refractivity contribution in [2.24, 2.45) is 11.7 Å². The van der Waals surface area contributed by atoms with E-state index in [0.29, 0.717) is 44.7 Å². The van der Waals surface area contributed by atoms with Crippen LogP contribution < -0.4 is 10.6 Å². The lowest BCUT2D eigenvalue weighted by Crippen LogP contribution is -2.55. The Balaban J connectivity index is 1.52. The van der Waals surface area contributed by atoms with E-state index in [1.807, 2.05) is 6.92 Å². The Kier molecular flexibility index (Phi) is 8.06. The van der Waals surface area contributed by atoms with E-state index < -0.39 is 17.8 Å². The summed E-state index contributed by atoms with van der Waals surface area (Å²) in [4.78, 5) is 31.8. The summed E-state index contributed by atoms with van der Waals surface area (Å²) in [7, 11) is 0. The largest absolute Gasteiger partial charge is 0.416 e. The van der Waals surface area contributed by atoms with Crippen LogP contribution in [0.4, 0.5) is 18.9 Å². The van der Waals surface area contributed by atoms with Crippen molar-refractivity contribution in [3.63, 3.8) is 0 Å². The number of benzene rings is 2. The number of carbonyl (C=O) groups is 2. The fourth-order valence-corrected chi connectivity index (χ4v) is 5.66. The van der Waals surface area contributed by atoms with Crippen LogP contribution in [0, 0.1) is 12.8 Å². The molecule has 2 saturated heterocycles. The fraction of sp³-hybridized carbons (Fsp3) is 0.517. The zero-order valence-corrected chi connectivity index (χ0v) is 22.5. The molecule has 2 aromatic rings. The second-order valence-corrected chi connectivity index (χ2v) is 10.8. The summed E-state index contributed by atoms with van der Waals surface area (Å²) in [5.41, 5.74) is 9.77. The Morgan fingerprint density at radius 2 is 1.61 bits per heavy atom. The first-order valence-electron chi connectivity index (χ1n) is 13.2. The molecule has 0 unspecified atom stereocenters. The highest BCUT2D eigenvalue weighted by Crippen LogP contribution is 2.37. The number of halogens is 3. The maximum absolute atomic E-state index is 13.8. The first-order chi connectivity index (χ1) is 17.9. The minimum Gasteiger partial charge on any atom is -0.368 e. The standard InChI is InChI=1S/C29H37F3N4O2/c1-18(2)26(33)24-17-19(3)5-10-25(24)34-13-15-35(16-14-34)28(38)27-23(11-12-36(27)20(4)37)21-6-8-22(9-7-21)29(30,31)32/h5-10,17-18,23,26-27H,11-16,33H2,1-4H3/t23-,26+,27-/m1/s1. The molecule has 38 heavy (non-hydrogen) atoms. The number of carbonyl (C=O) groups excluding carboxylic acids is 2. The van der Waals surface area contributed by atoms with Crippen molar-refractivity contribution < 1.29 is 22.8 Å². The first kappa shape index (κ1) is 28.0. The molecule has 0 bridgehead atoms. The normalized spacial score (nSPS) is 21.2. The van der Waals surface area contributed by atoms with E-state index in [1.165, 1.54) is 19.1 Å². The van der Waals surface area contributed by atoms with Gasteiger partial charge < -0.3 is 20.4 Å². The third-order valence-electron chi connectivity index (χ3n) is 7.91. The van der Waals surface area contributed by atoms with Gasteiger partial charge in [-0.15, -0.1) is 0 Å². The highest BCUT2D eigenvalue weighted by Gasteiger charge is 2.44. The Hall–Kier alpha value is -3.07. The molecule has 2 aliphatic heterocycles. The maximum Gasteiger partial charge on any atom is 0.416 e. The lowest BCUT2D eigenvalue weighted by molar-refractivity contribution is -0.143. The van der Waals surface area contributed by atoms with Gasteiger partial charge in [-0.25, -0.2) is 0 Å². The zero-order valence-electron chi connectivity index (χ0n) is 22.5. The smallest absolute Gasteiger partial charge is 0.368 e. The van der Waals surface area contributed by atoms with Gasteiger partial charge >= 0.3 is 6.18 Å². The van der Waals surface area contributed by atoms with Gasteiger partial charge in [-0.3, -0.25) is 9.59 Å². The highest BCUT2D eigenvalue weighted by molar-refractivity contribution is 5.89. The Morgan fingerprint density at radius 3 is 2.16 bits per heavy atom. The van der Waals surface area contributed by atoms with Crippen molar-refractivity contribution in [2.75, 3.05) is 37.6 Å². The molecule has 2 aliphatic rings. The van der Waals surface area contributed by atoms with Crippen LogP contribution in [-0.4, -0.2) is 60.4 Å². The molecule has 0 aromatic heterocycles. The second kappa shape index (κ2) is 11.0. The molecular formula is C29H37F3N4O2. The summed E-state index contributed by atoms with van der Waals surface area (Å²) in [6.07, 6.45) is -3.90. The lowest BCUT2D eigenvalue weighted by atomic mass is 9.90. The molecule has 3 atom stereocenters. The van der Waals surface area contributed by atoms with Gasteiger partial charge in [-0.1, -0.05) is 43.7 Å². The summed E-state index contributed by atoms with van der Waals surface area (Å²) >= 11 is 0. The highest BCUT2D eigenvalue weighted by atomic mass is 19.4. The number of nitrogens with two attached hydrogens (primary N) is 1. The molecule has 2 N–H and O–H groups in total. The predicted octanol–water partition coefficient (Wildman–Crippen LogP) is 4.72. The molecule has 6 nitrogen and oxygen atoms in total. The topological polar surface area (TPSA) is 69.9 Å². The van der Waals surface area contributed by atoms with Gasteiger partial charge in [0.1, 0.15) is 6.04 Å². The molecule has 2 aromatic carbocycles. The molecule has 4 rings (SSSR count). The third-order valence-corrected chi connectivity index (χ3v) is 7.91. The van der Waals surface area contributed by atoms with Crippen LogP contribution >= 0.6 is 0 Å². The average molecular weight is 531 g/mol. The minimum atomic E-state index is -4.43. The summed E-state index contributed by atoms with van der Waals surface area (Å²) in [5, 5.41) is 0. The molecule has 9 heteroatoms. The number of hydrogen-bond acceptors (Lipinski definition) is 4. The minimum absolute atomic E-state index is 0.100. The van der Waals surface area contributed by atoms with E-state index in [4.69, 9.17) is 5.73 Å². The number of likely N-dealkylation sites (tertiary alicyclic amines) is 1. The monoisotopic (exact) mass is 530 g/mol. The van der Waals surface area contributed by atoms with Gasteiger partial charge in [0.2, 0.25) is 11.8 Å². The number of piperazine rings is 1. The van der Waals surface area contributed by atoms with E-state index in [1.54, 1.807) is 9.80 Å². The van der Waals surface area contributed by atoms with Gasteiger partial charge in [0.05, 0.1) is 5.56 Å². The molecule has 0 spiro atoms. The van der Waals surface area contributed by atoms with Gasteiger partial charge in [-0.05, 0) is 48.6 Å². The van der Waals surface area contributed by atoms with Crippen LogP contribution in [-0.2, 0) is 15.8 Å². The van der Waals surface area contributed by atoms with Crippen LogP contribution in [0.25, 0.3) is 0 Å². The second-order valence-electron chi connectivity index (χ2n) is 10.8. The molecular weight excluding hydrogens is 493 g/mol. The van der Waals surface area contributed by atoms with Crippen molar-refractivity contribution in [3.05, 3.63) is 64.7 Å². The first-order valence-corrected chi connectivity index (χ1v) is 13.2. The van der Waals surface area contributed by atoms with E-state index in [-0.39, 0.29) is 29.7 Å². The SMILES string of the molecule is CC(=O)N1CC[C@H](c2ccc(C(F)(F)F)cc2)[C@@H]1C(=O)N1CCN(c2ccc(C)cc2[C@@H](N)C(C)C)CC1. The van der Waals surface area contributed by atoms with Crippen molar-refractivity contribution in [1.82, 2.24) is 9.80 Å². The van der Waals surface area contributed by atoms with Crippen LogP contribution in [0.2, 0.25) is 0 Å². The van der Waals surface area contributed by atoms with Gasteiger partial charge in [0.15, 0.2) is 0 Å². The molecule has 2 amide bonds. The van der Waals surface area contributed by atoms with Crippen molar-refractivity contribution in [3.8, 4) is 0 Å². The lowest BCUT2D eigenvalue weighted by Gasteiger charge is -2.40. The third kappa shape index (κ3) is 5.67. The molecule has 2 heterocycles. The van der Waals surface area contributed by atoms with E-state index in [0.717, 1.165) is 28.9 Å². The van der Waals surface area contributed by atoms with Crippen LogP contribution in [0.5, 0.6) is 0 Å². The number of nitrogens with zero attached hydrogens (tertiary/aromatic N) is 3. The fourth-order valence-electron chi connectivity index (χ4n) is 5.66. The molecule has 206 valence electrons. The van der Waals surface area contributed by atoms with Gasteiger partial charge in [-0.2, -0.15) is 13.2 Å². The molecule has 0 aliphatic carbocycles. The average Bonchev–Trinajstić information content (AvgIpc) is 3.33. The van der Waals surface area contributed by atoms with Crippen LogP contribution in [0.3, 0.4) is 0 Å². The number of anilines is 1. The van der Waals surface area contributed by atoms with E-state index >= 15 is 0 Å². The Bertz CT molecular complexity index is 1160. The van der Waals surface area contributed by atoms with E-state index in [9.17, 15) is 22.8 Å². The molecule has 2 fully saturated rings. The quantitative estimate of drug-likeness (QED) is 0.607. The van der Waals surface area contributed by atoms with Gasteiger partial charge in [0.25, 0.3) is 0 Å². The zero-order chi connectivity index (χ0) is 27.8. The number of amides is 2. The number of aryl methyl sites for hydroxylation is 1. The Labute approximate surface area is 222 Å². The number of alkyl halides is 3. The maximum atomic E-state index is 13.8. The van der Waals surface area contributed by atoms with Crippen molar-refractivity contribution in [2.45, 2.75) is 58.3 Å². The number of rotatable bonds is 5. The molecule has 0 saturated carbocycles. The van der Waals surface area contributed by atoms with E-state index in [2.05, 4.69) is 36.9 Å². The summed E-state index contributed by atoms with van der Waals surface area (Å²) < 4.78 is 39.2. The van der Waals surface area contributed by atoms with Crippen LogP contribution in [0.15, 0.2) is 42.5 Å². The van der Waals surface area contributed by atoms with Crippen molar-refractivity contribution >= 4 is 17.5 Å². The predicted molar refractivity (Wildman–Crippen MR) is 142 cm³/mol. The summed E-state index contributed by atoms with van der Waals surface area (Å²) in [6, 6.07) is 10.5. The summed E-state index contributed by atoms with van der Waals surface area (Å²) in [5.74, 6) is -0.423.